The van der Waals surface area contributed by atoms with Gasteiger partial charge in [0.2, 0.25) is 0 Å². The maximum absolute atomic E-state index is 4.49. The third-order valence-corrected chi connectivity index (χ3v) is 7.71. The van der Waals surface area contributed by atoms with Gasteiger partial charge in [-0.15, -0.1) is 35.3 Å². The van der Waals surface area contributed by atoms with Crippen LogP contribution in [-0.2, 0) is 6.54 Å². The first kappa shape index (κ1) is 23.3. The number of rotatable bonds is 6. The number of hydrogen-bond acceptors (Lipinski definition) is 4. The second-order valence-corrected chi connectivity index (χ2v) is 9.85. The monoisotopic (exact) mass is 531 g/mol. The van der Waals surface area contributed by atoms with Crippen molar-refractivity contribution in [1.29, 1.82) is 0 Å². The van der Waals surface area contributed by atoms with E-state index >= 15 is 0 Å². The van der Waals surface area contributed by atoms with Gasteiger partial charge >= 0.3 is 0 Å². The molecule has 0 aromatic carbocycles. The lowest BCUT2D eigenvalue weighted by Crippen LogP contribution is -2.47. The number of nitrogens with zero attached hydrogens (tertiary/aromatic N) is 3. The van der Waals surface area contributed by atoms with E-state index in [0.29, 0.717) is 6.04 Å². The van der Waals surface area contributed by atoms with E-state index in [1.54, 1.807) is 0 Å². The minimum atomic E-state index is 0. The Labute approximate surface area is 197 Å². The molecule has 0 bridgehead atoms. The quantitative estimate of drug-likeness (QED) is 0.334. The highest BCUT2D eigenvalue weighted by atomic mass is 127. The maximum Gasteiger partial charge on any atom is 0.191 e. The number of likely N-dealkylation sites (tertiary alicyclic amines) is 2. The summed E-state index contributed by atoms with van der Waals surface area (Å²) in [4.78, 5) is 11.3. The van der Waals surface area contributed by atoms with Crippen LogP contribution in [0.3, 0.4) is 0 Å². The Morgan fingerprint density at radius 2 is 1.93 bits per heavy atom. The number of guanidine groups is 1. The van der Waals surface area contributed by atoms with Crippen molar-refractivity contribution in [2.45, 2.75) is 63.6 Å². The van der Waals surface area contributed by atoms with E-state index in [-0.39, 0.29) is 24.0 Å². The largest absolute Gasteiger partial charge is 0.356 e. The third-order valence-electron chi connectivity index (χ3n) is 6.85. The number of aliphatic imine (C=N–C) groups is 1. The molecule has 2 saturated heterocycles. The van der Waals surface area contributed by atoms with E-state index in [2.05, 4.69) is 42.9 Å². The van der Waals surface area contributed by atoms with Gasteiger partial charge in [0.15, 0.2) is 5.96 Å². The topological polar surface area (TPSA) is 42.9 Å². The maximum atomic E-state index is 4.49. The summed E-state index contributed by atoms with van der Waals surface area (Å²) < 4.78 is 0. The van der Waals surface area contributed by atoms with Crippen molar-refractivity contribution in [3.05, 3.63) is 22.4 Å². The zero-order chi connectivity index (χ0) is 19.2. The molecule has 1 aliphatic carbocycles. The molecule has 29 heavy (non-hydrogen) atoms. The summed E-state index contributed by atoms with van der Waals surface area (Å²) in [5, 5.41) is 9.48. The fraction of sp³-hybridized carbons (Fsp3) is 0.773. The van der Waals surface area contributed by atoms with Crippen LogP contribution >= 0.6 is 35.3 Å². The van der Waals surface area contributed by atoms with Crippen molar-refractivity contribution in [3.63, 3.8) is 0 Å². The van der Waals surface area contributed by atoms with Gasteiger partial charge < -0.3 is 10.6 Å². The van der Waals surface area contributed by atoms with E-state index < -0.39 is 0 Å². The second-order valence-electron chi connectivity index (χ2n) is 8.82. The lowest BCUT2D eigenvalue weighted by molar-refractivity contribution is 0.179. The number of thiophene rings is 1. The van der Waals surface area contributed by atoms with Crippen LogP contribution in [0.1, 0.15) is 49.8 Å². The van der Waals surface area contributed by atoms with Crippen molar-refractivity contribution >= 4 is 41.3 Å². The van der Waals surface area contributed by atoms with Crippen molar-refractivity contribution in [2.24, 2.45) is 10.9 Å². The summed E-state index contributed by atoms with van der Waals surface area (Å²) in [7, 11) is 1.91. The van der Waals surface area contributed by atoms with E-state index in [1.807, 2.05) is 18.4 Å². The summed E-state index contributed by atoms with van der Waals surface area (Å²) >= 11 is 1.88. The SMILES string of the molecule is CN=C(NCC1CCN(Cc2cccs2)CC1)NC1CCN(C2CCCC2)C1.I. The van der Waals surface area contributed by atoms with E-state index in [9.17, 15) is 0 Å². The van der Waals surface area contributed by atoms with Crippen LogP contribution in [0.25, 0.3) is 0 Å². The molecule has 1 saturated carbocycles. The first-order valence-corrected chi connectivity index (χ1v) is 12.1. The second kappa shape index (κ2) is 11.9. The van der Waals surface area contributed by atoms with Crippen molar-refractivity contribution in [1.82, 2.24) is 20.4 Å². The number of piperidine rings is 1. The third kappa shape index (κ3) is 6.80. The zero-order valence-electron chi connectivity index (χ0n) is 17.8. The molecular weight excluding hydrogens is 493 g/mol. The molecule has 0 radical (unpaired) electrons. The average molecular weight is 532 g/mol. The molecular formula is C22H38IN5S. The summed E-state index contributed by atoms with van der Waals surface area (Å²) in [5.74, 6) is 1.76. The minimum Gasteiger partial charge on any atom is -0.356 e. The Balaban J connectivity index is 0.00000240. The normalized spacial score (nSPS) is 25.3. The molecule has 1 aromatic rings. The van der Waals surface area contributed by atoms with Crippen molar-refractivity contribution in [2.75, 3.05) is 39.8 Å². The van der Waals surface area contributed by atoms with E-state index in [4.69, 9.17) is 0 Å². The van der Waals surface area contributed by atoms with E-state index in [0.717, 1.165) is 31.0 Å². The minimum absolute atomic E-state index is 0. The fourth-order valence-electron chi connectivity index (χ4n) is 5.11. The Hall–Kier alpha value is -0.380. The molecule has 3 heterocycles. The molecule has 4 rings (SSSR count). The lowest BCUT2D eigenvalue weighted by Gasteiger charge is -2.32. The summed E-state index contributed by atoms with van der Waals surface area (Å²) in [5.41, 5.74) is 0. The molecule has 2 N–H and O–H groups in total. The Bertz CT molecular complexity index is 609. The zero-order valence-corrected chi connectivity index (χ0v) is 21.0. The van der Waals surface area contributed by atoms with Crippen LogP contribution in [0, 0.1) is 5.92 Å². The molecule has 0 spiro atoms. The number of halogens is 1. The van der Waals surface area contributed by atoms with Gasteiger partial charge in [-0.3, -0.25) is 14.8 Å². The standard InChI is InChI=1S/C22H37N5S.HI/c1-23-22(25-19-10-13-27(16-19)20-5-2-3-6-20)24-15-18-8-11-26(12-9-18)17-21-7-4-14-28-21;/h4,7,14,18-20H,2-3,5-6,8-13,15-17H2,1H3,(H2,23,24,25);1H. The Kier molecular flexibility index (Phi) is 9.53. The highest BCUT2D eigenvalue weighted by molar-refractivity contribution is 14.0. The summed E-state index contributed by atoms with van der Waals surface area (Å²) in [6, 6.07) is 5.82. The van der Waals surface area contributed by atoms with Gasteiger partial charge in [0.1, 0.15) is 0 Å². The van der Waals surface area contributed by atoms with Crippen LogP contribution in [0.4, 0.5) is 0 Å². The first-order valence-electron chi connectivity index (χ1n) is 11.3. The Morgan fingerprint density at radius 3 is 2.62 bits per heavy atom. The number of hydrogen-bond donors (Lipinski definition) is 2. The summed E-state index contributed by atoms with van der Waals surface area (Å²) in [6.45, 7) is 7.05. The van der Waals surface area contributed by atoms with Crippen LogP contribution in [0.15, 0.2) is 22.5 Å². The first-order chi connectivity index (χ1) is 13.8. The molecule has 5 nitrogen and oxygen atoms in total. The van der Waals surface area contributed by atoms with Gasteiger partial charge in [-0.05, 0) is 62.6 Å². The number of nitrogens with one attached hydrogen (secondary N) is 2. The predicted molar refractivity (Wildman–Crippen MR) is 134 cm³/mol. The molecule has 164 valence electrons. The van der Waals surface area contributed by atoms with Gasteiger partial charge in [-0.1, -0.05) is 18.9 Å². The van der Waals surface area contributed by atoms with Crippen molar-refractivity contribution < 1.29 is 0 Å². The van der Waals surface area contributed by atoms with E-state index in [1.165, 1.54) is 76.0 Å². The molecule has 7 heteroatoms. The van der Waals surface area contributed by atoms with Gasteiger partial charge in [0.05, 0.1) is 0 Å². The van der Waals surface area contributed by atoms with Gasteiger partial charge in [0.25, 0.3) is 0 Å². The van der Waals surface area contributed by atoms with Crippen LogP contribution in [0.2, 0.25) is 0 Å². The highest BCUT2D eigenvalue weighted by Gasteiger charge is 2.30. The molecule has 2 aliphatic heterocycles. The van der Waals surface area contributed by atoms with Crippen LogP contribution < -0.4 is 10.6 Å². The van der Waals surface area contributed by atoms with Crippen LogP contribution in [0.5, 0.6) is 0 Å². The van der Waals surface area contributed by atoms with Gasteiger partial charge in [-0.2, -0.15) is 0 Å². The molecule has 3 fully saturated rings. The van der Waals surface area contributed by atoms with Crippen molar-refractivity contribution in [3.8, 4) is 0 Å². The predicted octanol–water partition coefficient (Wildman–Crippen LogP) is 3.76. The van der Waals surface area contributed by atoms with Gasteiger partial charge in [0, 0.05) is 50.2 Å². The smallest absolute Gasteiger partial charge is 0.191 e. The highest BCUT2D eigenvalue weighted by Crippen LogP contribution is 2.26. The fourth-order valence-corrected chi connectivity index (χ4v) is 5.85. The molecule has 3 aliphatic rings. The van der Waals surface area contributed by atoms with Gasteiger partial charge in [-0.25, -0.2) is 0 Å². The molecule has 1 unspecified atom stereocenters. The molecule has 1 aromatic heterocycles. The molecule has 1 atom stereocenters. The summed E-state index contributed by atoms with van der Waals surface area (Å²) in [6.07, 6.45) is 9.49. The lowest BCUT2D eigenvalue weighted by atomic mass is 9.97. The Morgan fingerprint density at radius 1 is 1.14 bits per heavy atom. The average Bonchev–Trinajstić information content (AvgIpc) is 3.48. The van der Waals surface area contributed by atoms with Crippen LogP contribution in [-0.4, -0.2) is 67.6 Å². The molecule has 0 amide bonds.